The number of aromatic nitrogens is 1. The Balaban J connectivity index is 2.05. The van der Waals surface area contributed by atoms with Crippen molar-refractivity contribution in [1.29, 1.82) is 0 Å². The molecule has 0 atom stereocenters. The van der Waals surface area contributed by atoms with Gasteiger partial charge in [0.1, 0.15) is 5.56 Å². The molecule has 0 radical (unpaired) electrons. The molecule has 2 rings (SSSR count). The van der Waals surface area contributed by atoms with Crippen LogP contribution in [0, 0.1) is 13.8 Å². The lowest BCUT2D eigenvalue weighted by atomic mass is 10.1. The van der Waals surface area contributed by atoms with Gasteiger partial charge in [0, 0.05) is 12.2 Å². The van der Waals surface area contributed by atoms with Crippen molar-refractivity contribution in [2.45, 2.75) is 20.4 Å². The van der Waals surface area contributed by atoms with Crippen molar-refractivity contribution in [3.8, 4) is 0 Å². The Morgan fingerprint density at radius 2 is 1.79 bits per heavy atom. The fraction of sp³-hybridized carbons (Fsp3) is 0.200. The van der Waals surface area contributed by atoms with Crippen LogP contribution in [0.25, 0.3) is 0 Å². The lowest BCUT2D eigenvalue weighted by molar-refractivity contribution is 0.0949. The van der Waals surface area contributed by atoms with Crippen LogP contribution < -0.4 is 10.9 Å². The van der Waals surface area contributed by atoms with E-state index < -0.39 is 0 Å². The van der Waals surface area contributed by atoms with E-state index in [4.69, 9.17) is 0 Å². The molecule has 0 aliphatic heterocycles. The number of carbonyl (C=O) groups excluding carboxylic acids is 1. The Hall–Kier alpha value is -2.36. The molecule has 98 valence electrons. The third-order valence-electron chi connectivity index (χ3n) is 2.87. The van der Waals surface area contributed by atoms with Gasteiger partial charge in [-0.1, -0.05) is 29.8 Å². The highest BCUT2D eigenvalue weighted by molar-refractivity contribution is 5.93. The second kappa shape index (κ2) is 5.52. The van der Waals surface area contributed by atoms with E-state index in [0.29, 0.717) is 6.54 Å². The maximum Gasteiger partial charge on any atom is 0.260 e. The summed E-state index contributed by atoms with van der Waals surface area (Å²) in [5.74, 6) is -0.359. The molecule has 0 fully saturated rings. The number of aromatic amines is 1. The predicted octanol–water partition coefficient (Wildman–Crippen LogP) is 1.92. The molecule has 0 saturated carbocycles. The highest BCUT2D eigenvalue weighted by atomic mass is 16.2. The van der Waals surface area contributed by atoms with Gasteiger partial charge in [0.2, 0.25) is 0 Å². The SMILES string of the molecule is Cc1ccc(CNC(=O)c2ccc(C)[nH]c2=O)cc1. The van der Waals surface area contributed by atoms with Crippen LogP contribution in [0.1, 0.15) is 27.2 Å². The third-order valence-corrected chi connectivity index (χ3v) is 2.87. The van der Waals surface area contributed by atoms with Crippen LogP contribution >= 0.6 is 0 Å². The van der Waals surface area contributed by atoms with Gasteiger partial charge < -0.3 is 10.3 Å². The van der Waals surface area contributed by atoms with E-state index in [-0.39, 0.29) is 17.0 Å². The number of nitrogens with one attached hydrogen (secondary N) is 2. The van der Waals surface area contributed by atoms with Crippen LogP contribution in [0.2, 0.25) is 0 Å². The lowest BCUT2D eigenvalue weighted by Crippen LogP contribution is -2.29. The van der Waals surface area contributed by atoms with Crippen molar-refractivity contribution in [3.05, 3.63) is 69.1 Å². The van der Waals surface area contributed by atoms with Crippen molar-refractivity contribution in [1.82, 2.24) is 10.3 Å². The van der Waals surface area contributed by atoms with Gasteiger partial charge in [0.25, 0.3) is 11.5 Å². The average molecular weight is 256 g/mol. The number of H-pyrrole nitrogens is 1. The average Bonchev–Trinajstić information content (AvgIpc) is 2.37. The van der Waals surface area contributed by atoms with Gasteiger partial charge in [0.05, 0.1) is 0 Å². The summed E-state index contributed by atoms with van der Waals surface area (Å²) in [5, 5.41) is 2.74. The van der Waals surface area contributed by atoms with Gasteiger partial charge >= 0.3 is 0 Å². The zero-order valence-electron chi connectivity index (χ0n) is 11.0. The largest absolute Gasteiger partial charge is 0.348 e. The zero-order chi connectivity index (χ0) is 13.8. The summed E-state index contributed by atoms with van der Waals surface area (Å²) in [6, 6.07) is 11.1. The van der Waals surface area contributed by atoms with Crippen LogP contribution in [0.4, 0.5) is 0 Å². The molecule has 1 amide bonds. The molecule has 1 aromatic heterocycles. The number of hydrogen-bond acceptors (Lipinski definition) is 2. The summed E-state index contributed by atoms with van der Waals surface area (Å²) in [5.41, 5.74) is 2.69. The van der Waals surface area contributed by atoms with Crippen LogP contribution in [0.5, 0.6) is 0 Å². The quantitative estimate of drug-likeness (QED) is 0.881. The van der Waals surface area contributed by atoms with E-state index in [1.165, 1.54) is 5.56 Å². The van der Waals surface area contributed by atoms with Crippen molar-refractivity contribution in [2.75, 3.05) is 0 Å². The van der Waals surface area contributed by atoms with Crippen LogP contribution in [0.15, 0.2) is 41.2 Å². The zero-order valence-corrected chi connectivity index (χ0v) is 11.0. The number of rotatable bonds is 3. The number of pyridine rings is 1. The summed E-state index contributed by atoms with van der Waals surface area (Å²) in [6.07, 6.45) is 0. The second-order valence-electron chi connectivity index (χ2n) is 4.55. The van der Waals surface area contributed by atoms with Gasteiger partial charge in [-0.05, 0) is 31.5 Å². The highest BCUT2D eigenvalue weighted by Gasteiger charge is 2.09. The highest BCUT2D eigenvalue weighted by Crippen LogP contribution is 2.03. The van der Waals surface area contributed by atoms with Crippen molar-refractivity contribution >= 4 is 5.91 Å². The fourth-order valence-corrected chi connectivity index (χ4v) is 1.73. The number of hydrogen-bond donors (Lipinski definition) is 2. The molecular formula is C15H16N2O2. The molecule has 0 aliphatic carbocycles. The van der Waals surface area contributed by atoms with Crippen molar-refractivity contribution < 1.29 is 4.79 Å². The number of benzene rings is 1. The summed E-state index contributed by atoms with van der Waals surface area (Å²) in [4.78, 5) is 26.1. The van der Waals surface area contributed by atoms with Crippen LogP contribution in [-0.2, 0) is 6.54 Å². The molecule has 4 nitrogen and oxygen atoms in total. The van der Waals surface area contributed by atoms with Gasteiger partial charge in [-0.2, -0.15) is 0 Å². The summed E-state index contributed by atoms with van der Waals surface area (Å²) in [6.45, 7) is 4.19. The summed E-state index contributed by atoms with van der Waals surface area (Å²) in [7, 11) is 0. The summed E-state index contributed by atoms with van der Waals surface area (Å²) < 4.78 is 0. The van der Waals surface area contributed by atoms with E-state index in [0.717, 1.165) is 11.3 Å². The molecule has 0 bridgehead atoms. The molecule has 19 heavy (non-hydrogen) atoms. The van der Waals surface area contributed by atoms with E-state index >= 15 is 0 Å². The predicted molar refractivity (Wildman–Crippen MR) is 74.1 cm³/mol. The maximum absolute atomic E-state index is 11.9. The first-order chi connectivity index (χ1) is 9.06. The molecule has 0 saturated heterocycles. The number of amides is 1. The van der Waals surface area contributed by atoms with Crippen LogP contribution in [0.3, 0.4) is 0 Å². The topological polar surface area (TPSA) is 62.0 Å². The van der Waals surface area contributed by atoms with Gasteiger partial charge in [-0.25, -0.2) is 0 Å². The molecule has 0 unspecified atom stereocenters. The van der Waals surface area contributed by atoms with Gasteiger partial charge in [-0.3, -0.25) is 9.59 Å². The minimum Gasteiger partial charge on any atom is -0.348 e. The van der Waals surface area contributed by atoms with Gasteiger partial charge in [0.15, 0.2) is 0 Å². The van der Waals surface area contributed by atoms with E-state index in [2.05, 4.69) is 10.3 Å². The smallest absolute Gasteiger partial charge is 0.260 e. The lowest BCUT2D eigenvalue weighted by Gasteiger charge is -2.05. The fourth-order valence-electron chi connectivity index (χ4n) is 1.73. The monoisotopic (exact) mass is 256 g/mol. The van der Waals surface area contributed by atoms with Crippen LogP contribution in [-0.4, -0.2) is 10.9 Å². The van der Waals surface area contributed by atoms with Crippen molar-refractivity contribution in [2.24, 2.45) is 0 Å². The van der Waals surface area contributed by atoms with Crippen molar-refractivity contribution in [3.63, 3.8) is 0 Å². The Labute approximate surface area is 111 Å². The second-order valence-corrected chi connectivity index (χ2v) is 4.55. The first-order valence-corrected chi connectivity index (χ1v) is 6.10. The molecule has 2 N–H and O–H groups in total. The Morgan fingerprint density at radius 3 is 2.42 bits per heavy atom. The Bertz CT molecular complexity index is 642. The normalized spacial score (nSPS) is 10.2. The van der Waals surface area contributed by atoms with E-state index in [1.807, 2.05) is 31.2 Å². The Kier molecular flexibility index (Phi) is 3.80. The molecular weight excluding hydrogens is 240 g/mol. The third kappa shape index (κ3) is 3.31. The minimum absolute atomic E-state index is 0.137. The molecule has 2 aromatic rings. The number of carbonyl (C=O) groups is 1. The molecule has 1 heterocycles. The van der Waals surface area contributed by atoms with E-state index in [1.54, 1.807) is 19.1 Å². The Morgan fingerprint density at radius 1 is 1.11 bits per heavy atom. The minimum atomic E-state index is -0.360. The number of aryl methyl sites for hydroxylation is 2. The summed E-state index contributed by atoms with van der Waals surface area (Å²) >= 11 is 0. The first-order valence-electron chi connectivity index (χ1n) is 6.10. The first kappa shape index (κ1) is 13.1. The maximum atomic E-state index is 11.9. The molecule has 0 spiro atoms. The molecule has 1 aromatic carbocycles. The standard InChI is InChI=1S/C15H16N2O2/c1-10-3-6-12(7-4-10)9-16-14(18)13-8-5-11(2)17-15(13)19/h3-8H,9H2,1-2H3,(H,16,18)(H,17,19). The van der Waals surface area contributed by atoms with E-state index in [9.17, 15) is 9.59 Å². The van der Waals surface area contributed by atoms with Gasteiger partial charge in [-0.15, -0.1) is 0 Å². The molecule has 4 heteroatoms. The molecule has 0 aliphatic rings.